The normalized spacial score (nSPS) is 18.6. The van der Waals surface area contributed by atoms with Crippen molar-refractivity contribution in [3.05, 3.63) is 23.9 Å². The molecule has 1 amide bonds. The van der Waals surface area contributed by atoms with E-state index in [1.54, 1.807) is 6.07 Å². The largest absolute Gasteiger partial charge is 0.376 e. The molecule has 1 saturated heterocycles. The number of nitrogens with one attached hydrogen (secondary N) is 2. The Morgan fingerprint density at radius 3 is 3.10 bits per heavy atom. The summed E-state index contributed by atoms with van der Waals surface area (Å²) in [4.78, 5) is 16.3. The third-order valence-corrected chi connectivity index (χ3v) is 2.91. The molecule has 2 N–H and O–H groups in total. The van der Waals surface area contributed by atoms with Crippen LogP contribution in [0.4, 0.5) is 5.82 Å². The van der Waals surface area contributed by atoms with Crippen LogP contribution in [0.25, 0.3) is 0 Å². The van der Waals surface area contributed by atoms with Gasteiger partial charge in [0.05, 0.1) is 25.9 Å². The monoisotopic (exact) mass is 279 g/mol. The van der Waals surface area contributed by atoms with Gasteiger partial charge in [0.2, 0.25) is 0 Å². The molecule has 0 spiro atoms. The Morgan fingerprint density at radius 1 is 1.45 bits per heavy atom. The molecule has 1 aliphatic rings. The number of carbonyl (C=O) groups excluding carboxylic acids is 1. The molecule has 0 bridgehead atoms. The Labute approximate surface area is 118 Å². The zero-order chi connectivity index (χ0) is 14.2. The summed E-state index contributed by atoms with van der Waals surface area (Å²) < 4.78 is 10.8. The first kappa shape index (κ1) is 14.7. The van der Waals surface area contributed by atoms with Crippen molar-refractivity contribution in [2.75, 3.05) is 38.2 Å². The number of pyridine rings is 1. The molecule has 6 nitrogen and oxygen atoms in total. The Kier molecular flexibility index (Phi) is 5.76. The van der Waals surface area contributed by atoms with Gasteiger partial charge in [-0.3, -0.25) is 4.79 Å². The highest BCUT2D eigenvalue weighted by Gasteiger charge is 2.16. The number of carbonyl (C=O) groups is 1. The van der Waals surface area contributed by atoms with Gasteiger partial charge in [-0.05, 0) is 18.6 Å². The average Bonchev–Trinajstić information content (AvgIpc) is 2.52. The molecule has 1 aromatic rings. The summed E-state index contributed by atoms with van der Waals surface area (Å²) in [5, 5.41) is 5.98. The van der Waals surface area contributed by atoms with Crippen molar-refractivity contribution in [3.8, 4) is 0 Å². The average molecular weight is 279 g/mol. The van der Waals surface area contributed by atoms with Crippen LogP contribution in [0.15, 0.2) is 18.2 Å². The minimum absolute atomic E-state index is 0.0749. The van der Waals surface area contributed by atoms with Crippen molar-refractivity contribution in [1.82, 2.24) is 10.3 Å². The number of rotatable bonds is 6. The molecule has 1 atom stereocenters. The first-order valence-corrected chi connectivity index (χ1v) is 6.98. The van der Waals surface area contributed by atoms with Crippen LogP contribution in [0.2, 0.25) is 0 Å². The van der Waals surface area contributed by atoms with Crippen molar-refractivity contribution in [3.63, 3.8) is 0 Å². The van der Waals surface area contributed by atoms with Crippen LogP contribution in [0.5, 0.6) is 0 Å². The highest BCUT2D eigenvalue weighted by Crippen LogP contribution is 2.05. The molecule has 0 saturated carbocycles. The third kappa shape index (κ3) is 4.47. The molecule has 1 aliphatic heterocycles. The van der Waals surface area contributed by atoms with Crippen molar-refractivity contribution >= 4 is 11.7 Å². The first-order chi connectivity index (χ1) is 9.79. The maximum absolute atomic E-state index is 12.0. The summed E-state index contributed by atoms with van der Waals surface area (Å²) >= 11 is 0. The summed E-state index contributed by atoms with van der Waals surface area (Å²) in [5.41, 5.74) is 0.405. The molecule has 110 valence electrons. The van der Waals surface area contributed by atoms with Crippen LogP contribution in [0.1, 0.15) is 23.8 Å². The molecule has 2 heterocycles. The zero-order valence-electron chi connectivity index (χ0n) is 11.7. The molecule has 1 unspecified atom stereocenters. The number of anilines is 1. The lowest BCUT2D eigenvalue weighted by molar-refractivity contribution is -0.0855. The molecule has 0 aromatic carbocycles. The van der Waals surface area contributed by atoms with Gasteiger partial charge in [0.15, 0.2) is 0 Å². The second kappa shape index (κ2) is 7.81. The van der Waals surface area contributed by atoms with Crippen molar-refractivity contribution < 1.29 is 14.3 Å². The maximum atomic E-state index is 12.0. The zero-order valence-corrected chi connectivity index (χ0v) is 11.7. The van der Waals surface area contributed by atoms with Crippen LogP contribution in [0.3, 0.4) is 0 Å². The predicted molar refractivity (Wildman–Crippen MR) is 75.9 cm³/mol. The third-order valence-electron chi connectivity index (χ3n) is 2.91. The Morgan fingerprint density at radius 2 is 2.35 bits per heavy atom. The predicted octanol–water partition coefficient (Wildman–Crippen LogP) is 1.05. The fraction of sp³-hybridized carbons (Fsp3) is 0.571. The summed E-state index contributed by atoms with van der Waals surface area (Å²) in [6.07, 6.45) is 0.936. The van der Waals surface area contributed by atoms with Crippen molar-refractivity contribution in [2.24, 2.45) is 0 Å². The number of hydrogen-bond acceptors (Lipinski definition) is 5. The van der Waals surface area contributed by atoms with E-state index in [2.05, 4.69) is 22.5 Å². The van der Waals surface area contributed by atoms with Crippen molar-refractivity contribution in [1.29, 1.82) is 0 Å². The molecule has 2 rings (SSSR count). The van der Waals surface area contributed by atoms with Gasteiger partial charge in [-0.25, -0.2) is 4.98 Å². The molecular formula is C14H21N3O3. The van der Waals surface area contributed by atoms with E-state index in [1.807, 2.05) is 12.1 Å². The Balaban J connectivity index is 1.84. The van der Waals surface area contributed by atoms with E-state index in [0.717, 1.165) is 18.8 Å². The van der Waals surface area contributed by atoms with E-state index in [-0.39, 0.29) is 12.0 Å². The fourth-order valence-electron chi connectivity index (χ4n) is 1.86. The maximum Gasteiger partial charge on any atom is 0.270 e. The molecule has 1 fully saturated rings. The summed E-state index contributed by atoms with van der Waals surface area (Å²) in [6, 6.07) is 5.37. The standard InChI is InChI=1S/C14H21N3O3/c1-2-6-15-13-5-3-4-12(17-13)14(18)16-9-11-10-19-7-8-20-11/h3-5,11H,2,6-10H2,1H3,(H,15,17)(H,16,18). The highest BCUT2D eigenvalue weighted by atomic mass is 16.6. The van der Waals surface area contributed by atoms with E-state index in [1.165, 1.54) is 0 Å². The SMILES string of the molecule is CCCNc1cccc(C(=O)NCC2COCCO2)n1. The molecular weight excluding hydrogens is 258 g/mol. The first-order valence-electron chi connectivity index (χ1n) is 6.98. The van der Waals surface area contributed by atoms with Gasteiger partial charge in [-0.2, -0.15) is 0 Å². The lowest BCUT2D eigenvalue weighted by Gasteiger charge is -2.22. The molecule has 20 heavy (non-hydrogen) atoms. The van der Waals surface area contributed by atoms with E-state index in [9.17, 15) is 4.79 Å². The second-order valence-electron chi connectivity index (χ2n) is 4.61. The summed E-state index contributed by atoms with van der Waals surface area (Å²) in [5.74, 6) is 0.524. The number of hydrogen-bond donors (Lipinski definition) is 2. The fourth-order valence-corrected chi connectivity index (χ4v) is 1.86. The van der Waals surface area contributed by atoms with Gasteiger partial charge in [0.1, 0.15) is 11.5 Å². The summed E-state index contributed by atoms with van der Waals surface area (Å²) in [6.45, 7) is 5.08. The lowest BCUT2D eigenvalue weighted by Crippen LogP contribution is -2.39. The van der Waals surface area contributed by atoms with Crippen LogP contribution in [0, 0.1) is 0 Å². The number of ether oxygens (including phenoxy) is 2. The van der Waals surface area contributed by atoms with E-state index in [0.29, 0.717) is 32.1 Å². The van der Waals surface area contributed by atoms with Crippen LogP contribution in [-0.4, -0.2) is 49.9 Å². The van der Waals surface area contributed by atoms with Gasteiger partial charge in [0.25, 0.3) is 5.91 Å². The molecule has 0 aliphatic carbocycles. The Bertz CT molecular complexity index is 433. The minimum atomic E-state index is -0.195. The molecule has 6 heteroatoms. The minimum Gasteiger partial charge on any atom is -0.376 e. The van der Waals surface area contributed by atoms with Gasteiger partial charge < -0.3 is 20.1 Å². The van der Waals surface area contributed by atoms with E-state index >= 15 is 0 Å². The lowest BCUT2D eigenvalue weighted by atomic mass is 10.3. The van der Waals surface area contributed by atoms with E-state index in [4.69, 9.17) is 9.47 Å². The number of nitrogens with zero attached hydrogens (tertiary/aromatic N) is 1. The summed E-state index contributed by atoms with van der Waals surface area (Å²) in [7, 11) is 0. The highest BCUT2D eigenvalue weighted by molar-refractivity contribution is 5.92. The topological polar surface area (TPSA) is 72.5 Å². The van der Waals surface area contributed by atoms with Gasteiger partial charge in [0, 0.05) is 13.1 Å². The number of amides is 1. The Hall–Kier alpha value is -1.66. The number of aromatic nitrogens is 1. The quantitative estimate of drug-likeness (QED) is 0.814. The van der Waals surface area contributed by atoms with Crippen LogP contribution in [-0.2, 0) is 9.47 Å². The van der Waals surface area contributed by atoms with Gasteiger partial charge in [-0.1, -0.05) is 13.0 Å². The van der Waals surface area contributed by atoms with Crippen molar-refractivity contribution in [2.45, 2.75) is 19.4 Å². The van der Waals surface area contributed by atoms with Crippen LogP contribution < -0.4 is 10.6 Å². The van der Waals surface area contributed by atoms with E-state index < -0.39 is 0 Å². The van der Waals surface area contributed by atoms with Crippen LogP contribution >= 0.6 is 0 Å². The molecule has 1 aromatic heterocycles. The van der Waals surface area contributed by atoms with Gasteiger partial charge >= 0.3 is 0 Å². The molecule has 0 radical (unpaired) electrons. The second-order valence-corrected chi connectivity index (χ2v) is 4.61. The van der Waals surface area contributed by atoms with Gasteiger partial charge in [-0.15, -0.1) is 0 Å². The smallest absolute Gasteiger partial charge is 0.270 e.